The molecule has 1 fully saturated rings. The van der Waals surface area contributed by atoms with Crippen LogP contribution in [0.15, 0.2) is 6.20 Å². The van der Waals surface area contributed by atoms with Crippen LogP contribution >= 0.6 is 0 Å². The number of ether oxygens (including phenoxy) is 1. The number of hydrogen-bond donors (Lipinski definition) is 2. The summed E-state index contributed by atoms with van der Waals surface area (Å²) in [5.41, 5.74) is 0.551. The molecule has 1 aromatic heterocycles. The molecule has 0 spiro atoms. The number of aromatic amines is 1. The molecule has 1 saturated heterocycles. The Balaban J connectivity index is 2.21. The fraction of sp³-hybridized carbons (Fsp3) is 0.571. The standard InChI is InChI=1S/C7H10N4O3/c12-11(13)7-5(3-9-10-7)6-4-14-2-1-8-6/h3,6,8H,1-2,4H2,(H,9,10). The summed E-state index contributed by atoms with van der Waals surface area (Å²) >= 11 is 0. The molecule has 76 valence electrons. The highest BCUT2D eigenvalue weighted by Crippen LogP contribution is 2.23. The first-order valence-corrected chi connectivity index (χ1v) is 4.28. The van der Waals surface area contributed by atoms with Crippen molar-refractivity contribution in [1.82, 2.24) is 15.5 Å². The summed E-state index contributed by atoms with van der Waals surface area (Å²) in [6.07, 6.45) is 1.46. The summed E-state index contributed by atoms with van der Waals surface area (Å²) in [4.78, 5) is 10.1. The molecule has 1 unspecified atom stereocenters. The molecule has 1 aromatic rings. The number of nitrogens with zero attached hydrogens (tertiary/aromatic N) is 2. The van der Waals surface area contributed by atoms with Gasteiger partial charge < -0.3 is 20.2 Å². The van der Waals surface area contributed by atoms with E-state index in [2.05, 4.69) is 15.5 Å². The van der Waals surface area contributed by atoms with Crippen LogP contribution in [0.2, 0.25) is 0 Å². The molecule has 7 nitrogen and oxygen atoms in total. The van der Waals surface area contributed by atoms with Crippen molar-refractivity contribution >= 4 is 5.82 Å². The maximum absolute atomic E-state index is 10.6. The molecule has 1 aliphatic rings. The Morgan fingerprint density at radius 1 is 1.71 bits per heavy atom. The van der Waals surface area contributed by atoms with E-state index in [1.165, 1.54) is 6.20 Å². The van der Waals surface area contributed by atoms with Crippen LogP contribution in [-0.2, 0) is 4.74 Å². The summed E-state index contributed by atoms with van der Waals surface area (Å²) in [5.74, 6) is -0.0620. The summed E-state index contributed by atoms with van der Waals surface area (Å²) in [7, 11) is 0. The summed E-state index contributed by atoms with van der Waals surface area (Å²) in [6.45, 7) is 1.79. The molecule has 0 aliphatic carbocycles. The third-order valence-corrected chi connectivity index (χ3v) is 2.13. The molecule has 1 aliphatic heterocycles. The average molecular weight is 198 g/mol. The zero-order valence-electron chi connectivity index (χ0n) is 7.40. The van der Waals surface area contributed by atoms with Gasteiger partial charge in [0.25, 0.3) is 0 Å². The lowest BCUT2D eigenvalue weighted by Gasteiger charge is -2.22. The second-order valence-electron chi connectivity index (χ2n) is 3.01. The quantitative estimate of drug-likeness (QED) is 0.514. The lowest BCUT2D eigenvalue weighted by atomic mass is 10.1. The summed E-state index contributed by atoms with van der Waals surface area (Å²) in [5, 5.41) is 19.7. The highest BCUT2D eigenvalue weighted by atomic mass is 16.6. The smallest absolute Gasteiger partial charge is 0.347 e. The first-order valence-electron chi connectivity index (χ1n) is 4.28. The Labute approximate surface area is 79.6 Å². The molecule has 0 saturated carbocycles. The van der Waals surface area contributed by atoms with Gasteiger partial charge in [-0.15, -0.1) is 5.10 Å². The number of aromatic nitrogens is 2. The van der Waals surface area contributed by atoms with Crippen LogP contribution in [0.5, 0.6) is 0 Å². The largest absolute Gasteiger partial charge is 0.378 e. The van der Waals surface area contributed by atoms with E-state index in [4.69, 9.17) is 4.74 Å². The predicted octanol–water partition coefficient (Wildman–Crippen LogP) is -0.0212. The average Bonchev–Trinajstić information content (AvgIpc) is 2.67. The van der Waals surface area contributed by atoms with Crippen molar-refractivity contribution in [2.24, 2.45) is 0 Å². The lowest BCUT2D eigenvalue weighted by molar-refractivity contribution is -0.390. The zero-order valence-corrected chi connectivity index (χ0v) is 7.40. The van der Waals surface area contributed by atoms with E-state index in [1.807, 2.05) is 0 Å². The van der Waals surface area contributed by atoms with E-state index < -0.39 is 4.92 Å². The van der Waals surface area contributed by atoms with Crippen LogP contribution in [0.4, 0.5) is 5.82 Å². The van der Waals surface area contributed by atoms with E-state index in [1.54, 1.807) is 0 Å². The highest BCUT2D eigenvalue weighted by Gasteiger charge is 2.25. The van der Waals surface area contributed by atoms with Crippen LogP contribution in [0.1, 0.15) is 11.6 Å². The third kappa shape index (κ3) is 1.59. The molecule has 0 amide bonds. The van der Waals surface area contributed by atoms with E-state index in [0.29, 0.717) is 25.3 Å². The van der Waals surface area contributed by atoms with Crippen LogP contribution in [0.25, 0.3) is 0 Å². The number of rotatable bonds is 2. The van der Waals surface area contributed by atoms with Gasteiger partial charge in [0.05, 0.1) is 31.0 Å². The van der Waals surface area contributed by atoms with Gasteiger partial charge in [-0.25, -0.2) is 0 Å². The number of H-pyrrole nitrogens is 1. The molecule has 0 bridgehead atoms. The van der Waals surface area contributed by atoms with Crippen molar-refractivity contribution in [3.05, 3.63) is 21.9 Å². The van der Waals surface area contributed by atoms with Gasteiger partial charge in [-0.3, -0.25) is 0 Å². The minimum atomic E-state index is -0.474. The number of nitrogens with one attached hydrogen (secondary N) is 2. The van der Waals surface area contributed by atoms with E-state index in [9.17, 15) is 10.1 Å². The van der Waals surface area contributed by atoms with Gasteiger partial charge in [0.2, 0.25) is 0 Å². The number of nitro groups is 1. The zero-order chi connectivity index (χ0) is 9.97. The van der Waals surface area contributed by atoms with Gasteiger partial charge in [0, 0.05) is 6.54 Å². The van der Waals surface area contributed by atoms with Crippen molar-refractivity contribution in [3.8, 4) is 0 Å². The summed E-state index contributed by atoms with van der Waals surface area (Å²) in [6, 6.07) is -0.136. The van der Waals surface area contributed by atoms with Gasteiger partial charge in [0.1, 0.15) is 0 Å². The van der Waals surface area contributed by atoms with Crippen LogP contribution in [0, 0.1) is 10.1 Å². The van der Waals surface area contributed by atoms with E-state index in [0.717, 1.165) is 0 Å². The van der Waals surface area contributed by atoms with Gasteiger partial charge in [-0.1, -0.05) is 5.10 Å². The Kier molecular flexibility index (Phi) is 2.42. The maximum Gasteiger partial charge on any atom is 0.347 e. The molecule has 14 heavy (non-hydrogen) atoms. The Hall–Kier alpha value is -1.47. The molecule has 2 N–H and O–H groups in total. The van der Waals surface area contributed by atoms with Crippen molar-refractivity contribution in [1.29, 1.82) is 0 Å². The minimum absolute atomic E-state index is 0.0620. The monoisotopic (exact) mass is 198 g/mol. The van der Waals surface area contributed by atoms with Gasteiger partial charge >= 0.3 is 5.82 Å². The van der Waals surface area contributed by atoms with Crippen molar-refractivity contribution in [2.45, 2.75) is 6.04 Å². The van der Waals surface area contributed by atoms with Gasteiger partial charge in [-0.2, -0.15) is 0 Å². The SMILES string of the molecule is O=[N+]([O-])c1[nH]ncc1C1COCCN1. The molecule has 1 atom stereocenters. The fourth-order valence-electron chi connectivity index (χ4n) is 1.46. The second kappa shape index (κ2) is 3.72. The molecular formula is C7H10N4O3. The molecule has 2 heterocycles. The van der Waals surface area contributed by atoms with E-state index in [-0.39, 0.29) is 11.9 Å². The topological polar surface area (TPSA) is 93.1 Å². The Bertz CT molecular complexity index is 331. The fourth-order valence-corrected chi connectivity index (χ4v) is 1.46. The third-order valence-electron chi connectivity index (χ3n) is 2.13. The maximum atomic E-state index is 10.6. The van der Waals surface area contributed by atoms with Crippen LogP contribution < -0.4 is 5.32 Å². The van der Waals surface area contributed by atoms with Crippen molar-refractivity contribution in [3.63, 3.8) is 0 Å². The number of morpholine rings is 1. The summed E-state index contributed by atoms with van der Waals surface area (Å²) < 4.78 is 5.21. The van der Waals surface area contributed by atoms with Crippen molar-refractivity contribution in [2.75, 3.05) is 19.8 Å². The normalized spacial score (nSPS) is 22.1. The van der Waals surface area contributed by atoms with E-state index >= 15 is 0 Å². The lowest BCUT2D eigenvalue weighted by Crippen LogP contribution is -2.34. The first kappa shape index (κ1) is 9.10. The Morgan fingerprint density at radius 2 is 2.57 bits per heavy atom. The van der Waals surface area contributed by atoms with Crippen LogP contribution in [0.3, 0.4) is 0 Å². The molecular weight excluding hydrogens is 188 g/mol. The minimum Gasteiger partial charge on any atom is -0.378 e. The highest BCUT2D eigenvalue weighted by molar-refractivity contribution is 5.32. The molecule has 0 radical (unpaired) electrons. The molecule has 7 heteroatoms. The van der Waals surface area contributed by atoms with Crippen molar-refractivity contribution < 1.29 is 9.66 Å². The van der Waals surface area contributed by atoms with Crippen LogP contribution in [-0.4, -0.2) is 34.9 Å². The second-order valence-corrected chi connectivity index (χ2v) is 3.01. The molecule has 2 rings (SSSR count). The Morgan fingerprint density at radius 3 is 3.21 bits per heavy atom. The first-order chi connectivity index (χ1) is 6.79. The van der Waals surface area contributed by atoms with Gasteiger partial charge in [0.15, 0.2) is 0 Å². The van der Waals surface area contributed by atoms with Gasteiger partial charge in [-0.05, 0) is 4.92 Å². The predicted molar refractivity (Wildman–Crippen MR) is 46.8 cm³/mol. The number of hydrogen-bond acceptors (Lipinski definition) is 5. The molecule has 0 aromatic carbocycles.